The van der Waals surface area contributed by atoms with Crippen molar-refractivity contribution < 1.29 is 9.90 Å². The summed E-state index contributed by atoms with van der Waals surface area (Å²) >= 11 is 0. The van der Waals surface area contributed by atoms with E-state index in [-0.39, 0.29) is 5.92 Å². The van der Waals surface area contributed by atoms with Gasteiger partial charge in [-0.2, -0.15) is 0 Å². The maximum Gasteiger partial charge on any atom is 0.306 e. The highest BCUT2D eigenvalue weighted by Gasteiger charge is 2.27. The van der Waals surface area contributed by atoms with Crippen molar-refractivity contribution in [2.24, 2.45) is 11.8 Å². The fraction of sp³-hybridized carbons (Fsp3) is 0.900. The van der Waals surface area contributed by atoms with Gasteiger partial charge in [-0.25, -0.2) is 0 Å². The predicted octanol–water partition coefficient (Wildman–Crippen LogP) is 1.76. The summed E-state index contributed by atoms with van der Waals surface area (Å²) in [4.78, 5) is 10.7. The van der Waals surface area contributed by atoms with Crippen molar-refractivity contribution in [2.45, 2.75) is 25.7 Å². The Hall–Kier alpha value is -0.180. The normalized spacial score (nSPS) is 29.2. The van der Waals surface area contributed by atoms with Gasteiger partial charge in [0.1, 0.15) is 5.75 Å². The van der Waals surface area contributed by atoms with E-state index in [9.17, 15) is 4.79 Å². The standard InChI is InChI=1S/C10H18O2S/c1-13(2)7-8-3-5-9(6-4-8)10(11)12/h8-9H,3-7H2,1-2H3/p+1. The van der Waals surface area contributed by atoms with Gasteiger partial charge in [-0.1, -0.05) is 0 Å². The van der Waals surface area contributed by atoms with Crippen molar-refractivity contribution in [3.05, 3.63) is 0 Å². The smallest absolute Gasteiger partial charge is 0.306 e. The van der Waals surface area contributed by atoms with Gasteiger partial charge in [0.25, 0.3) is 0 Å². The second-order valence-electron chi connectivity index (χ2n) is 4.21. The SMILES string of the molecule is C[S+](C)CC1CCC(C(=O)O)CC1. The Labute approximate surface area is 83.1 Å². The molecule has 0 spiro atoms. The third kappa shape index (κ3) is 3.59. The van der Waals surface area contributed by atoms with Crippen LogP contribution in [0.3, 0.4) is 0 Å². The van der Waals surface area contributed by atoms with Crippen molar-refractivity contribution in [2.75, 3.05) is 18.3 Å². The van der Waals surface area contributed by atoms with E-state index in [0.717, 1.165) is 31.6 Å². The lowest BCUT2D eigenvalue weighted by Crippen LogP contribution is -2.25. The molecule has 0 bridgehead atoms. The minimum atomic E-state index is -0.592. The van der Waals surface area contributed by atoms with Crippen LogP contribution in [0.5, 0.6) is 0 Å². The molecule has 1 N–H and O–H groups in total. The molecule has 0 saturated heterocycles. The first-order valence-corrected chi connectivity index (χ1v) is 7.07. The molecule has 0 unspecified atom stereocenters. The number of carboxylic acids is 1. The van der Waals surface area contributed by atoms with Gasteiger partial charge < -0.3 is 5.11 Å². The Morgan fingerprint density at radius 2 is 1.85 bits per heavy atom. The lowest BCUT2D eigenvalue weighted by Gasteiger charge is -2.24. The van der Waals surface area contributed by atoms with Crippen LogP contribution in [-0.2, 0) is 15.7 Å². The topological polar surface area (TPSA) is 37.3 Å². The number of hydrogen-bond donors (Lipinski definition) is 1. The first-order valence-electron chi connectivity index (χ1n) is 4.86. The van der Waals surface area contributed by atoms with E-state index in [2.05, 4.69) is 12.5 Å². The summed E-state index contributed by atoms with van der Waals surface area (Å²) in [6, 6.07) is 0. The summed E-state index contributed by atoms with van der Waals surface area (Å²) in [5.41, 5.74) is 0. The van der Waals surface area contributed by atoms with Gasteiger partial charge >= 0.3 is 5.97 Å². The van der Waals surface area contributed by atoms with Crippen LogP contribution in [0.25, 0.3) is 0 Å². The number of hydrogen-bond acceptors (Lipinski definition) is 1. The molecule has 0 aromatic carbocycles. The second kappa shape index (κ2) is 4.89. The molecule has 0 radical (unpaired) electrons. The molecule has 0 aliphatic heterocycles. The molecule has 0 amide bonds. The van der Waals surface area contributed by atoms with Crippen molar-refractivity contribution in [1.82, 2.24) is 0 Å². The molecule has 1 rings (SSSR count). The summed E-state index contributed by atoms with van der Waals surface area (Å²) in [7, 11) is 0.518. The van der Waals surface area contributed by atoms with Crippen molar-refractivity contribution in [1.29, 1.82) is 0 Å². The maximum absolute atomic E-state index is 10.7. The molecule has 0 aromatic rings. The van der Waals surface area contributed by atoms with Crippen LogP contribution >= 0.6 is 0 Å². The van der Waals surface area contributed by atoms with E-state index >= 15 is 0 Å². The monoisotopic (exact) mass is 203 g/mol. The van der Waals surface area contributed by atoms with Gasteiger partial charge in [0, 0.05) is 5.92 Å². The van der Waals surface area contributed by atoms with Gasteiger partial charge in [-0.15, -0.1) is 0 Å². The molecule has 1 aliphatic carbocycles. The fourth-order valence-electron chi connectivity index (χ4n) is 2.05. The average molecular weight is 203 g/mol. The number of aliphatic carboxylic acids is 1. The lowest BCUT2D eigenvalue weighted by molar-refractivity contribution is -0.143. The summed E-state index contributed by atoms with van der Waals surface area (Å²) in [6.45, 7) is 0. The van der Waals surface area contributed by atoms with Gasteiger partial charge in [0.15, 0.2) is 0 Å². The molecule has 3 heteroatoms. The highest BCUT2D eigenvalue weighted by molar-refractivity contribution is 7.95. The lowest BCUT2D eigenvalue weighted by atomic mass is 9.83. The molecule has 13 heavy (non-hydrogen) atoms. The summed E-state index contributed by atoms with van der Waals surface area (Å²) < 4.78 is 0. The van der Waals surface area contributed by atoms with E-state index in [1.54, 1.807) is 0 Å². The van der Waals surface area contributed by atoms with Gasteiger partial charge in [0.05, 0.1) is 18.4 Å². The van der Waals surface area contributed by atoms with E-state index in [4.69, 9.17) is 5.11 Å². The predicted molar refractivity (Wildman–Crippen MR) is 57.2 cm³/mol. The van der Waals surface area contributed by atoms with Gasteiger partial charge in [0.2, 0.25) is 0 Å². The van der Waals surface area contributed by atoms with Gasteiger partial charge in [-0.3, -0.25) is 4.79 Å². The third-order valence-electron chi connectivity index (χ3n) is 2.77. The first-order chi connectivity index (χ1) is 6.09. The zero-order chi connectivity index (χ0) is 9.84. The van der Waals surface area contributed by atoms with Crippen LogP contribution in [0.4, 0.5) is 0 Å². The van der Waals surface area contributed by atoms with Gasteiger partial charge in [-0.05, 0) is 36.6 Å². The van der Waals surface area contributed by atoms with E-state index in [1.165, 1.54) is 5.75 Å². The highest BCUT2D eigenvalue weighted by Crippen LogP contribution is 2.29. The quantitative estimate of drug-likeness (QED) is 0.710. The Morgan fingerprint density at radius 3 is 2.23 bits per heavy atom. The molecule has 76 valence electrons. The first kappa shape index (κ1) is 10.9. The molecular formula is C10H19O2S+. The van der Waals surface area contributed by atoms with E-state index in [0.29, 0.717) is 10.9 Å². The van der Waals surface area contributed by atoms with Crippen LogP contribution in [-0.4, -0.2) is 29.3 Å². The Balaban J connectivity index is 2.26. The van der Waals surface area contributed by atoms with Crippen LogP contribution < -0.4 is 0 Å². The van der Waals surface area contributed by atoms with Crippen molar-refractivity contribution >= 4 is 16.9 Å². The summed E-state index contributed by atoms with van der Waals surface area (Å²) in [5, 5.41) is 8.81. The van der Waals surface area contributed by atoms with Crippen LogP contribution in [0.15, 0.2) is 0 Å². The minimum absolute atomic E-state index is 0.0493. The Morgan fingerprint density at radius 1 is 1.31 bits per heavy atom. The molecule has 1 fully saturated rings. The summed E-state index contributed by atoms with van der Waals surface area (Å²) in [5.74, 6) is 1.46. The second-order valence-corrected chi connectivity index (χ2v) is 6.51. The molecular weight excluding hydrogens is 184 g/mol. The molecule has 0 aromatic heterocycles. The third-order valence-corrected chi connectivity index (χ3v) is 3.90. The molecule has 1 saturated carbocycles. The summed E-state index contributed by atoms with van der Waals surface area (Å²) in [6.07, 6.45) is 8.59. The van der Waals surface area contributed by atoms with E-state index < -0.39 is 5.97 Å². The molecule has 1 aliphatic rings. The largest absolute Gasteiger partial charge is 0.481 e. The maximum atomic E-state index is 10.7. The number of carbonyl (C=O) groups is 1. The minimum Gasteiger partial charge on any atom is -0.481 e. The Bertz CT molecular complexity index is 172. The number of rotatable bonds is 3. The molecule has 0 atom stereocenters. The Kier molecular flexibility index (Phi) is 4.10. The van der Waals surface area contributed by atoms with Crippen LogP contribution in [0, 0.1) is 11.8 Å². The molecule has 2 nitrogen and oxygen atoms in total. The van der Waals surface area contributed by atoms with Crippen molar-refractivity contribution in [3.63, 3.8) is 0 Å². The van der Waals surface area contributed by atoms with Crippen LogP contribution in [0.1, 0.15) is 25.7 Å². The van der Waals surface area contributed by atoms with Crippen LogP contribution in [0.2, 0.25) is 0 Å². The fourth-order valence-corrected chi connectivity index (χ4v) is 3.32. The van der Waals surface area contributed by atoms with Crippen molar-refractivity contribution in [3.8, 4) is 0 Å². The average Bonchev–Trinajstić information content (AvgIpc) is 2.04. The number of carboxylic acid groups (broad SMARTS) is 1. The zero-order valence-electron chi connectivity index (χ0n) is 8.45. The zero-order valence-corrected chi connectivity index (χ0v) is 9.27. The highest BCUT2D eigenvalue weighted by atomic mass is 32.2. The molecule has 0 heterocycles. The van der Waals surface area contributed by atoms with E-state index in [1.807, 2.05) is 0 Å².